The van der Waals surface area contributed by atoms with Crippen LogP contribution in [-0.2, 0) is 14.2 Å². The van der Waals surface area contributed by atoms with E-state index in [1.807, 2.05) is 0 Å². The summed E-state index contributed by atoms with van der Waals surface area (Å²) in [6, 6.07) is 0.579. The van der Waals surface area contributed by atoms with Crippen molar-refractivity contribution in [3.05, 3.63) is 0 Å². The molecule has 0 N–H and O–H groups in total. The van der Waals surface area contributed by atoms with Crippen molar-refractivity contribution in [1.29, 1.82) is 0 Å². The standard InChI is InChI=1S/C12H23NO3/c1-14-12(15-2)9-13-7-8-16-11-6-4-3-5-10(11)13/h10-12H,3-9H2,1-2H3. The van der Waals surface area contributed by atoms with Crippen molar-refractivity contribution in [2.45, 2.75) is 44.1 Å². The van der Waals surface area contributed by atoms with Gasteiger partial charge in [0.05, 0.1) is 12.7 Å². The Kier molecular flexibility index (Phi) is 4.58. The minimum Gasteiger partial charge on any atom is -0.375 e. The second-order valence-corrected chi connectivity index (χ2v) is 4.66. The average molecular weight is 229 g/mol. The molecule has 0 aromatic rings. The molecule has 0 bridgehead atoms. The topological polar surface area (TPSA) is 30.9 Å². The molecule has 2 rings (SSSR count). The van der Waals surface area contributed by atoms with Gasteiger partial charge >= 0.3 is 0 Å². The lowest BCUT2D eigenvalue weighted by Gasteiger charge is -2.44. The normalized spacial score (nSPS) is 31.7. The van der Waals surface area contributed by atoms with Crippen molar-refractivity contribution in [3.63, 3.8) is 0 Å². The van der Waals surface area contributed by atoms with Crippen LogP contribution < -0.4 is 0 Å². The Labute approximate surface area is 97.8 Å². The van der Waals surface area contributed by atoms with Crippen LogP contribution in [0.4, 0.5) is 0 Å². The number of hydrogen-bond acceptors (Lipinski definition) is 4. The third kappa shape index (κ3) is 2.74. The van der Waals surface area contributed by atoms with Gasteiger partial charge in [0, 0.05) is 33.4 Å². The molecule has 4 heteroatoms. The summed E-state index contributed by atoms with van der Waals surface area (Å²) in [6.07, 6.45) is 5.44. The first-order valence-corrected chi connectivity index (χ1v) is 6.26. The molecule has 2 aliphatic rings. The van der Waals surface area contributed by atoms with E-state index in [1.54, 1.807) is 14.2 Å². The summed E-state index contributed by atoms with van der Waals surface area (Å²) >= 11 is 0. The molecule has 0 radical (unpaired) electrons. The lowest BCUT2D eigenvalue weighted by atomic mass is 9.90. The zero-order valence-corrected chi connectivity index (χ0v) is 10.4. The first-order chi connectivity index (χ1) is 7.85. The molecular weight excluding hydrogens is 206 g/mol. The molecule has 4 nitrogen and oxygen atoms in total. The summed E-state index contributed by atoms with van der Waals surface area (Å²) in [5.41, 5.74) is 0. The molecule has 16 heavy (non-hydrogen) atoms. The number of methoxy groups -OCH3 is 2. The van der Waals surface area contributed by atoms with Crippen molar-refractivity contribution in [2.75, 3.05) is 33.9 Å². The van der Waals surface area contributed by atoms with E-state index in [0.29, 0.717) is 12.1 Å². The van der Waals surface area contributed by atoms with Crippen molar-refractivity contribution in [1.82, 2.24) is 4.90 Å². The first kappa shape index (κ1) is 12.3. The largest absolute Gasteiger partial charge is 0.375 e. The number of morpholine rings is 1. The van der Waals surface area contributed by atoms with Crippen molar-refractivity contribution >= 4 is 0 Å². The van der Waals surface area contributed by atoms with Gasteiger partial charge in [0.25, 0.3) is 0 Å². The van der Waals surface area contributed by atoms with E-state index in [2.05, 4.69) is 4.90 Å². The van der Waals surface area contributed by atoms with Crippen LogP contribution in [0, 0.1) is 0 Å². The second kappa shape index (κ2) is 5.96. The maximum Gasteiger partial charge on any atom is 0.169 e. The van der Waals surface area contributed by atoms with E-state index in [-0.39, 0.29) is 6.29 Å². The van der Waals surface area contributed by atoms with E-state index < -0.39 is 0 Å². The van der Waals surface area contributed by atoms with E-state index >= 15 is 0 Å². The third-order valence-corrected chi connectivity index (χ3v) is 3.76. The average Bonchev–Trinajstić information content (AvgIpc) is 2.36. The van der Waals surface area contributed by atoms with Crippen LogP contribution in [0.2, 0.25) is 0 Å². The molecule has 2 fully saturated rings. The van der Waals surface area contributed by atoms with Crippen LogP contribution in [0.25, 0.3) is 0 Å². The fraction of sp³-hybridized carbons (Fsp3) is 1.00. The van der Waals surface area contributed by atoms with Gasteiger partial charge in [-0.1, -0.05) is 12.8 Å². The molecule has 0 aromatic carbocycles. The molecule has 94 valence electrons. The SMILES string of the molecule is COC(CN1CCOC2CCCCC21)OC. The minimum absolute atomic E-state index is 0.110. The van der Waals surface area contributed by atoms with Gasteiger partial charge in [-0.2, -0.15) is 0 Å². The predicted molar refractivity (Wildman–Crippen MR) is 61.4 cm³/mol. The van der Waals surface area contributed by atoms with Crippen LogP contribution in [-0.4, -0.2) is 57.3 Å². The van der Waals surface area contributed by atoms with Crippen molar-refractivity contribution in [3.8, 4) is 0 Å². The van der Waals surface area contributed by atoms with Gasteiger partial charge in [-0.05, 0) is 12.8 Å². The molecule has 1 aliphatic heterocycles. The Balaban J connectivity index is 1.91. The van der Waals surface area contributed by atoms with Gasteiger partial charge in [-0.25, -0.2) is 0 Å². The Hall–Kier alpha value is -0.160. The summed E-state index contributed by atoms with van der Waals surface area (Å²) in [4.78, 5) is 2.48. The second-order valence-electron chi connectivity index (χ2n) is 4.66. The number of ether oxygens (including phenoxy) is 3. The lowest BCUT2D eigenvalue weighted by molar-refractivity contribution is -0.150. The van der Waals surface area contributed by atoms with E-state index in [9.17, 15) is 0 Å². The minimum atomic E-state index is -0.110. The molecule has 2 atom stereocenters. The molecule has 0 spiro atoms. The molecule has 1 aliphatic carbocycles. The van der Waals surface area contributed by atoms with Crippen LogP contribution in [0.5, 0.6) is 0 Å². The number of rotatable bonds is 4. The lowest BCUT2D eigenvalue weighted by Crippen LogP contribution is -2.54. The van der Waals surface area contributed by atoms with Gasteiger partial charge in [0.1, 0.15) is 0 Å². The number of nitrogens with zero attached hydrogens (tertiary/aromatic N) is 1. The molecule has 0 aromatic heterocycles. The zero-order valence-electron chi connectivity index (χ0n) is 10.4. The molecular formula is C12H23NO3. The quantitative estimate of drug-likeness (QED) is 0.679. The van der Waals surface area contributed by atoms with Crippen molar-refractivity contribution in [2.24, 2.45) is 0 Å². The van der Waals surface area contributed by atoms with E-state index in [4.69, 9.17) is 14.2 Å². The number of fused-ring (bicyclic) bond motifs is 1. The highest BCUT2D eigenvalue weighted by atomic mass is 16.7. The Bertz CT molecular complexity index is 206. The Morgan fingerprint density at radius 2 is 2.00 bits per heavy atom. The van der Waals surface area contributed by atoms with Crippen LogP contribution in [0.1, 0.15) is 25.7 Å². The van der Waals surface area contributed by atoms with Gasteiger partial charge in [-0.15, -0.1) is 0 Å². The Morgan fingerprint density at radius 1 is 1.25 bits per heavy atom. The summed E-state index contributed by atoms with van der Waals surface area (Å²) in [6.45, 7) is 2.71. The van der Waals surface area contributed by atoms with Crippen LogP contribution in [0.15, 0.2) is 0 Å². The van der Waals surface area contributed by atoms with Crippen LogP contribution >= 0.6 is 0 Å². The highest BCUT2D eigenvalue weighted by Crippen LogP contribution is 2.28. The van der Waals surface area contributed by atoms with Crippen LogP contribution in [0.3, 0.4) is 0 Å². The first-order valence-electron chi connectivity index (χ1n) is 6.26. The zero-order chi connectivity index (χ0) is 11.4. The molecule has 1 heterocycles. The fourth-order valence-corrected chi connectivity index (χ4v) is 2.84. The maximum absolute atomic E-state index is 5.84. The Morgan fingerprint density at radius 3 is 2.75 bits per heavy atom. The smallest absolute Gasteiger partial charge is 0.169 e. The maximum atomic E-state index is 5.84. The molecule has 1 saturated heterocycles. The van der Waals surface area contributed by atoms with Gasteiger partial charge < -0.3 is 14.2 Å². The van der Waals surface area contributed by atoms with E-state index in [0.717, 1.165) is 19.7 Å². The molecule has 0 amide bonds. The van der Waals surface area contributed by atoms with Gasteiger partial charge in [0.15, 0.2) is 6.29 Å². The van der Waals surface area contributed by atoms with Crippen molar-refractivity contribution < 1.29 is 14.2 Å². The predicted octanol–water partition coefficient (Wildman–Crippen LogP) is 1.25. The van der Waals surface area contributed by atoms with Gasteiger partial charge in [0.2, 0.25) is 0 Å². The number of hydrogen-bond donors (Lipinski definition) is 0. The summed E-state index contributed by atoms with van der Waals surface area (Å²) in [7, 11) is 3.40. The summed E-state index contributed by atoms with van der Waals surface area (Å²) in [5.74, 6) is 0. The van der Waals surface area contributed by atoms with E-state index in [1.165, 1.54) is 25.7 Å². The highest BCUT2D eigenvalue weighted by Gasteiger charge is 2.34. The summed E-state index contributed by atoms with van der Waals surface area (Å²) in [5, 5.41) is 0. The highest BCUT2D eigenvalue weighted by molar-refractivity contribution is 4.87. The van der Waals surface area contributed by atoms with Gasteiger partial charge in [-0.3, -0.25) is 4.90 Å². The third-order valence-electron chi connectivity index (χ3n) is 3.76. The monoisotopic (exact) mass is 229 g/mol. The summed E-state index contributed by atoms with van der Waals surface area (Å²) < 4.78 is 16.4. The molecule has 2 unspecified atom stereocenters. The fourth-order valence-electron chi connectivity index (χ4n) is 2.84. The molecule has 1 saturated carbocycles.